The van der Waals surface area contributed by atoms with Crippen LogP contribution in [-0.2, 0) is 0 Å². The number of pyridine rings is 1. The molecule has 0 unspecified atom stereocenters. The third kappa shape index (κ3) is 1.49. The van der Waals surface area contributed by atoms with Crippen LogP contribution in [0.4, 0.5) is 0 Å². The smallest absolute Gasteiger partial charge is 0.124 e. The van der Waals surface area contributed by atoms with Gasteiger partial charge in [0.05, 0.1) is 5.02 Å². The molecule has 0 aromatic carbocycles. The van der Waals surface area contributed by atoms with Gasteiger partial charge in [-0.25, -0.2) is 0 Å². The van der Waals surface area contributed by atoms with Crippen molar-refractivity contribution >= 4 is 17.4 Å². The Morgan fingerprint density at radius 3 is 2.73 bits per heavy atom. The molecule has 4 heteroatoms. The quantitative estimate of drug-likeness (QED) is 0.492. The lowest BCUT2D eigenvalue weighted by molar-refractivity contribution is 1.25. The van der Waals surface area contributed by atoms with Gasteiger partial charge in [0.25, 0.3) is 0 Å². The Morgan fingerprint density at radius 1 is 1.64 bits per heavy atom. The largest absolute Gasteiger partial charge is 0.384 e. The molecule has 0 aliphatic rings. The predicted molar refractivity (Wildman–Crippen MR) is 45.0 cm³/mol. The van der Waals surface area contributed by atoms with Crippen molar-refractivity contribution in [2.24, 2.45) is 5.73 Å². The van der Waals surface area contributed by atoms with Gasteiger partial charge in [0.2, 0.25) is 0 Å². The highest BCUT2D eigenvalue weighted by molar-refractivity contribution is 6.31. The first-order chi connectivity index (χ1) is 5.13. The van der Waals surface area contributed by atoms with Gasteiger partial charge in [-0.15, -0.1) is 0 Å². The molecule has 0 fully saturated rings. The standard InChI is InChI=1S/C7H8ClN3/c1-4-5(7(9)10)2-11-3-6(4)8/h2-3H,1H3,(H3,9,10). The van der Waals surface area contributed by atoms with Crippen LogP contribution >= 0.6 is 11.6 Å². The van der Waals surface area contributed by atoms with Crippen LogP contribution in [0.1, 0.15) is 11.1 Å². The topological polar surface area (TPSA) is 62.8 Å². The molecule has 1 aromatic heterocycles. The molecule has 1 rings (SSSR count). The Balaban J connectivity index is 3.27. The normalized spacial score (nSPS) is 9.64. The van der Waals surface area contributed by atoms with Gasteiger partial charge in [0.15, 0.2) is 0 Å². The molecule has 0 bridgehead atoms. The number of aromatic nitrogens is 1. The third-order valence-corrected chi connectivity index (χ3v) is 1.82. The van der Waals surface area contributed by atoms with E-state index in [-0.39, 0.29) is 5.84 Å². The zero-order chi connectivity index (χ0) is 8.43. The van der Waals surface area contributed by atoms with Crippen LogP contribution in [0.5, 0.6) is 0 Å². The molecule has 58 valence electrons. The maximum Gasteiger partial charge on any atom is 0.124 e. The van der Waals surface area contributed by atoms with Gasteiger partial charge in [-0.2, -0.15) is 0 Å². The summed E-state index contributed by atoms with van der Waals surface area (Å²) in [6.07, 6.45) is 3.06. The maximum atomic E-state index is 7.15. The van der Waals surface area contributed by atoms with E-state index in [1.807, 2.05) is 0 Å². The third-order valence-electron chi connectivity index (χ3n) is 1.44. The number of halogens is 1. The van der Waals surface area contributed by atoms with E-state index in [2.05, 4.69) is 4.98 Å². The molecule has 3 nitrogen and oxygen atoms in total. The van der Waals surface area contributed by atoms with Crippen molar-refractivity contribution in [1.82, 2.24) is 4.98 Å². The Morgan fingerprint density at radius 2 is 2.27 bits per heavy atom. The predicted octanol–water partition coefficient (Wildman–Crippen LogP) is 1.33. The minimum Gasteiger partial charge on any atom is -0.384 e. The van der Waals surface area contributed by atoms with E-state index in [1.165, 1.54) is 12.4 Å². The van der Waals surface area contributed by atoms with E-state index >= 15 is 0 Å². The maximum absolute atomic E-state index is 7.15. The van der Waals surface area contributed by atoms with Gasteiger partial charge in [0, 0.05) is 18.0 Å². The van der Waals surface area contributed by atoms with Crippen LogP contribution in [0.2, 0.25) is 5.02 Å². The summed E-state index contributed by atoms with van der Waals surface area (Å²) >= 11 is 5.74. The molecule has 0 amide bonds. The Kier molecular flexibility index (Phi) is 2.10. The SMILES string of the molecule is Cc1c(Cl)cncc1C(=N)N. The van der Waals surface area contributed by atoms with E-state index < -0.39 is 0 Å². The molecular formula is C7H8ClN3. The van der Waals surface area contributed by atoms with Crippen LogP contribution < -0.4 is 5.73 Å². The average Bonchev–Trinajstić information content (AvgIpc) is 1.94. The first kappa shape index (κ1) is 8.01. The lowest BCUT2D eigenvalue weighted by atomic mass is 10.1. The number of nitrogens with one attached hydrogen (secondary N) is 1. The van der Waals surface area contributed by atoms with Crippen LogP contribution in [0.15, 0.2) is 12.4 Å². The number of hydrogen-bond acceptors (Lipinski definition) is 2. The molecule has 0 atom stereocenters. The van der Waals surface area contributed by atoms with Crippen molar-refractivity contribution < 1.29 is 0 Å². The van der Waals surface area contributed by atoms with Crippen molar-refractivity contribution in [2.75, 3.05) is 0 Å². The van der Waals surface area contributed by atoms with E-state index in [0.717, 1.165) is 5.56 Å². The number of nitrogens with two attached hydrogens (primary N) is 1. The van der Waals surface area contributed by atoms with E-state index in [4.69, 9.17) is 22.7 Å². The number of hydrogen-bond donors (Lipinski definition) is 2. The first-order valence-electron chi connectivity index (χ1n) is 3.07. The molecule has 1 aromatic rings. The van der Waals surface area contributed by atoms with Gasteiger partial charge in [0.1, 0.15) is 5.84 Å². The second-order valence-corrected chi connectivity index (χ2v) is 2.61. The molecule has 1 heterocycles. The summed E-state index contributed by atoms with van der Waals surface area (Å²) in [5.41, 5.74) is 6.66. The van der Waals surface area contributed by atoms with Gasteiger partial charge >= 0.3 is 0 Å². The van der Waals surface area contributed by atoms with Crippen LogP contribution in [0.3, 0.4) is 0 Å². The number of nitrogen functional groups attached to an aromatic ring is 1. The van der Waals surface area contributed by atoms with Gasteiger partial charge in [-0.1, -0.05) is 11.6 Å². The Labute approximate surface area is 69.7 Å². The summed E-state index contributed by atoms with van der Waals surface area (Å²) in [7, 11) is 0. The molecule has 0 radical (unpaired) electrons. The molecule has 0 saturated carbocycles. The highest BCUT2D eigenvalue weighted by Crippen LogP contribution is 2.15. The molecule has 0 aliphatic carbocycles. The van der Waals surface area contributed by atoms with E-state index in [0.29, 0.717) is 10.6 Å². The summed E-state index contributed by atoms with van der Waals surface area (Å²) < 4.78 is 0. The molecule has 3 N–H and O–H groups in total. The molecule has 0 saturated heterocycles. The van der Waals surface area contributed by atoms with Crippen molar-refractivity contribution in [3.05, 3.63) is 28.5 Å². The molecule has 11 heavy (non-hydrogen) atoms. The molecule has 0 spiro atoms. The summed E-state index contributed by atoms with van der Waals surface area (Å²) in [4.78, 5) is 3.81. The summed E-state index contributed by atoms with van der Waals surface area (Å²) in [5.74, 6) is -0.00231. The highest BCUT2D eigenvalue weighted by atomic mass is 35.5. The van der Waals surface area contributed by atoms with Crippen LogP contribution in [0, 0.1) is 12.3 Å². The minimum absolute atomic E-state index is 0.00231. The lowest BCUT2D eigenvalue weighted by Gasteiger charge is -2.02. The fraction of sp³-hybridized carbons (Fsp3) is 0.143. The van der Waals surface area contributed by atoms with E-state index in [9.17, 15) is 0 Å². The summed E-state index contributed by atoms with van der Waals surface area (Å²) in [5, 5.41) is 7.69. The minimum atomic E-state index is -0.00231. The lowest BCUT2D eigenvalue weighted by Crippen LogP contribution is -2.13. The van der Waals surface area contributed by atoms with Crippen molar-refractivity contribution in [1.29, 1.82) is 5.41 Å². The second-order valence-electron chi connectivity index (χ2n) is 2.21. The summed E-state index contributed by atoms with van der Waals surface area (Å²) in [6, 6.07) is 0. The van der Waals surface area contributed by atoms with Gasteiger partial charge < -0.3 is 5.73 Å². The van der Waals surface area contributed by atoms with Crippen LogP contribution in [-0.4, -0.2) is 10.8 Å². The Hall–Kier alpha value is -1.09. The van der Waals surface area contributed by atoms with Gasteiger partial charge in [-0.05, 0) is 12.5 Å². The first-order valence-corrected chi connectivity index (χ1v) is 3.45. The van der Waals surface area contributed by atoms with Gasteiger partial charge in [-0.3, -0.25) is 10.4 Å². The Bertz CT molecular complexity index is 296. The zero-order valence-electron chi connectivity index (χ0n) is 6.06. The zero-order valence-corrected chi connectivity index (χ0v) is 6.81. The monoisotopic (exact) mass is 169 g/mol. The number of nitrogens with zero attached hydrogens (tertiary/aromatic N) is 1. The molecule has 0 aliphatic heterocycles. The van der Waals surface area contributed by atoms with Crippen LogP contribution in [0.25, 0.3) is 0 Å². The van der Waals surface area contributed by atoms with Crippen molar-refractivity contribution in [2.45, 2.75) is 6.92 Å². The molecular weight excluding hydrogens is 162 g/mol. The van der Waals surface area contributed by atoms with E-state index in [1.54, 1.807) is 6.92 Å². The van der Waals surface area contributed by atoms with Crippen molar-refractivity contribution in [3.63, 3.8) is 0 Å². The summed E-state index contributed by atoms with van der Waals surface area (Å²) in [6.45, 7) is 1.81. The number of rotatable bonds is 1. The number of amidine groups is 1. The fourth-order valence-electron chi connectivity index (χ4n) is 0.771. The van der Waals surface area contributed by atoms with Crippen molar-refractivity contribution in [3.8, 4) is 0 Å². The highest BCUT2D eigenvalue weighted by Gasteiger charge is 2.03. The average molecular weight is 170 g/mol. The fourth-order valence-corrected chi connectivity index (χ4v) is 0.929. The second kappa shape index (κ2) is 2.88.